The zero-order chi connectivity index (χ0) is 12.3. The van der Waals surface area contributed by atoms with Gasteiger partial charge in [0.2, 0.25) is 0 Å². The zero-order valence-electron chi connectivity index (χ0n) is 9.91. The Kier molecular flexibility index (Phi) is 3.55. The van der Waals surface area contributed by atoms with Crippen LogP contribution in [0.5, 0.6) is 0 Å². The third kappa shape index (κ3) is 2.71. The molecule has 0 radical (unpaired) electrons. The Labute approximate surface area is 101 Å². The monoisotopic (exact) mass is 229 g/mol. The van der Waals surface area contributed by atoms with Crippen LogP contribution in [0.1, 0.15) is 11.1 Å². The summed E-state index contributed by atoms with van der Waals surface area (Å²) in [6.45, 7) is 2.68. The summed E-state index contributed by atoms with van der Waals surface area (Å²) in [5.74, 6) is -0.207. The van der Waals surface area contributed by atoms with E-state index in [1.165, 1.54) is 23.3 Å². The van der Waals surface area contributed by atoms with Crippen molar-refractivity contribution in [2.24, 2.45) is 5.73 Å². The van der Waals surface area contributed by atoms with Crippen LogP contribution in [0.4, 0.5) is 4.39 Å². The number of halogens is 1. The van der Waals surface area contributed by atoms with Gasteiger partial charge in [-0.15, -0.1) is 0 Å². The summed E-state index contributed by atoms with van der Waals surface area (Å²) in [4.78, 5) is 0. The Balaban J connectivity index is 2.48. The minimum absolute atomic E-state index is 0.207. The molecule has 2 aromatic carbocycles. The molecule has 2 N–H and O–H groups in total. The Morgan fingerprint density at radius 1 is 1.06 bits per heavy atom. The predicted molar refractivity (Wildman–Crippen MR) is 69.3 cm³/mol. The molecule has 0 heterocycles. The van der Waals surface area contributed by atoms with Crippen LogP contribution < -0.4 is 5.73 Å². The van der Waals surface area contributed by atoms with E-state index in [-0.39, 0.29) is 5.82 Å². The van der Waals surface area contributed by atoms with Crippen LogP contribution in [0.3, 0.4) is 0 Å². The zero-order valence-corrected chi connectivity index (χ0v) is 9.91. The van der Waals surface area contributed by atoms with Crippen molar-refractivity contribution in [2.45, 2.75) is 13.3 Å². The third-order valence-corrected chi connectivity index (χ3v) is 2.83. The van der Waals surface area contributed by atoms with Gasteiger partial charge in [0.1, 0.15) is 5.82 Å². The third-order valence-electron chi connectivity index (χ3n) is 2.83. The molecule has 0 aliphatic rings. The van der Waals surface area contributed by atoms with Crippen LogP contribution in [-0.2, 0) is 6.42 Å². The van der Waals surface area contributed by atoms with Gasteiger partial charge in [-0.1, -0.05) is 35.9 Å². The summed E-state index contributed by atoms with van der Waals surface area (Å²) in [7, 11) is 0. The first kappa shape index (κ1) is 11.8. The van der Waals surface area contributed by atoms with Crippen LogP contribution in [-0.4, -0.2) is 6.54 Å². The largest absolute Gasteiger partial charge is 0.330 e. The maximum atomic E-state index is 12.9. The highest BCUT2D eigenvalue weighted by Gasteiger charge is 2.05. The van der Waals surface area contributed by atoms with Crippen molar-refractivity contribution in [3.63, 3.8) is 0 Å². The topological polar surface area (TPSA) is 26.0 Å². The molecule has 0 aliphatic heterocycles. The molecule has 0 fully saturated rings. The second-order valence-corrected chi connectivity index (χ2v) is 4.21. The molecule has 2 heteroatoms. The Morgan fingerprint density at radius 3 is 2.41 bits per heavy atom. The van der Waals surface area contributed by atoms with Crippen molar-refractivity contribution in [3.05, 3.63) is 59.4 Å². The predicted octanol–water partition coefficient (Wildman–Crippen LogP) is 3.30. The molecule has 0 spiro atoms. The number of hydrogen-bond donors (Lipinski definition) is 1. The van der Waals surface area contributed by atoms with Crippen LogP contribution in [0.15, 0.2) is 42.5 Å². The number of benzene rings is 2. The molecule has 17 heavy (non-hydrogen) atoms. The number of hydrogen-bond acceptors (Lipinski definition) is 1. The van der Waals surface area contributed by atoms with E-state index in [4.69, 9.17) is 5.73 Å². The highest BCUT2D eigenvalue weighted by molar-refractivity contribution is 5.68. The van der Waals surface area contributed by atoms with Gasteiger partial charge in [0, 0.05) is 0 Å². The van der Waals surface area contributed by atoms with Crippen molar-refractivity contribution in [3.8, 4) is 11.1 Å². The SMILES string of the molecule is Cc1ccc(CCN)c(-c2ccc(F)cc2)c1. The highest BCUT2D eigenvalue weighted by Crippen LogP contribution is 2.25. The average molecular weight is 229 g/mol. The lowest BCUT2D eigenvalue weighted by Gasteiger charge is -2.10. The fourth-order valence-corrected chi connectivity index (χ4v) is 1.96. The first-order chi connectivity index (χ1) is 8.20. The van der Waals surface area contributed by atoms with Gasteiger partial charge in [-0.2, -0.15) is 0 Å². The van der Waals surface area contributed by atoms with E-state index >= 15 is 0 Å². The van der Waals surface area contributed by atoms with E-state index < -0.39 is 0 Å². The molecule has 0 aromatic heterocycles. The summed E-state index contributed by atoms with van der Waals surface area (Å²) < 4.78 is 12.9. The standard InChI is InChI=1S/C15H16FN/c1-11-2-3-13(8-9-17)15(10-11)12-4-6-14(16)7-5-12/h2-7,10H,8-9,17H2,1H3. The van der Waals surface area contributed by atoms with Gasteiger partial charge in [-0.3, -0.25) is 0 Å². The molecular formula is C15H16FN. The number of aryl methyl sites for hydroxylation is 1. The number of rotatable bonds is 3. The van der Waals surface area contributed by atoms with Crippen molar-refractivity contribution in [2.75, 3.05) is 6.54 Å². The fourth-order valence-electron chi connectivity index (χ4n) is 1.96. The second kappa shape index (κ2) is 5.11. The quantitative estimate of drug-likeness (QED) is 0.858. The van der Waals surface area contributed by atoms with Gasteiger partial charge in [-0.25, -0.2) is 4.39 Å². The Hall–Kier alpha value is -1.67. The molecular weight excluding hydrogens is 213 g/mol. The molecule has 88 valence electrons. The lowest BCUT2D eigenvalue weighted by molar-refractivity contribution is 0.628. The Morgan fingerprint density at radius 2 is 1.76 bits per heavy atom. The highest BCUT2D eigenvalue weighted by atomic mass is 19.1. The van der Waals surface area contributed by atoms with Crippen LogP contribution in [0.25, 0.3) is 11.1 Å². The van der Waals surface area contributed by atoms with Crippen molar-refractivity contribution in [1.82, 2.24) is 0 Å². The second-order valence-electron chi connectivity index (χ2n) is 4.21. The van der Waals surface area contributed by atoms with Crippen LogP contribution in [0.2, 0.25) is 0 Å². The average Bonchev–Trinajstić information content (AvgIpc) is 2.33. The van der Waals surface area contributed by atoms with E-state index in [1.807, 2.05) is 12.1 Å². The molecule has 0 unspecified atom stereocenters. The summed E-state index contributed by atoms with van der Waals surface area (Å²) in [5.41, 5.74) is 10.2. The lowest BCUT2D eigenvalue weighted by atomic mass is 9.96. The molecule has 0 aliphatic carbocycles. The van der Waals surface area contributed by atoms with Gasteiger partial charge in [0.15, 0.2) is 0 Å². The van der Waals surface area contributed by atoms with Gasteiger partial charge in [0.05, 0.1) is 0 Å². The van der Waals surface area contributed by atoms with Crippen LogP contribution in [0, 0.1) is 12.7 Å². The fraction of sp³-hybridized carbons (Fsp3) is 0.200. The molecule has 0 amide bonds. The van der Waals surface area contributed by atoms with Gasteiger partial charge >= 0.3 is 0 Å². The first-order valence-electron chi connectivity index (χ1n) is 5.76. The Bertz CT molecular complexity index is 503. The molecule has 2 rings (SSSR count). The lowest BCUT2D eigenvalue weighted by Crippen LogP contribution is -2.04. The van der Waals surface area contributed by atoms with E-state index in [0.29, 0.717) is 6.54 Å². The smallest absolute Gasteiger partial charge is 0.123 e. The van der Waals surface area contributed by atoms with Gasteiger partial charge in [0.25, 0.3) is 0 Å². The van der Waals surface area contributed by atoms with Gasteiger partial charge < -0.3 is 5.73 Å². The minimum atomic E-state index is -0.207. The summed E-state index contributed by atoms with van der Waals surface area (Å²) in [5, 5.41) is 0. The van der Waals surface area contributed by atoms with Crippen molar-refractivity contribution in [1.29, 1.82) is 0 Å². The normalized spacial score (nSPS) is 10.5. The summed E-state index contributed by atoms with van der Waals surface area (Å²) in [6, 6.07) is 12.9. The molecule has 2 aromatic rings. The summed E-state index contributed by atoms with van der Waals surface area (Å²) in [6.07, 6.45) is 0.840. The van der Waals surface area contributed by atoms with E-state index in [9.17, 15) is 4.39 Å². The van der Waals surface area contributed by atoms with Crippen molar-refractivity contribution >= 4 is 0 Å². The number of nitrogens with two attached hydrogens (primary N) is 1. The van der Waals surface area contributed by atoms with Gasteiger partial charge in [-0.05, 0) is 48.7 Å². The van der Waals surface area contributed by atoms with Crippen molar-refractivity contribution < 1.29 is 4.39 Å². The minimum Gasteiger partial charge on any atom is -0.330 e. The molecule has 0 saturated carbocycles. The first-order valence-corrected chi connectivity index (χ1v) is 5.76. The molecule has 1 nitrogen and oxygen atoms in total. The van der Waals surface area contributed by atoms with E-state index in [1.54, 1.807) is 0 Å². The molecule has 0 saturated heterocycles. The van der Waals surface area contributed by atoms with E-state index in [0.717, 1.165) is 17.5 Å². The molecule has 0 atom stereocenters. The summed E-state index contributed by atoms with van der Waals surface area (Å²) >= 11 is 0. The maximum absolute atomic E-state index is 12.9. The van der Waals surface area contributed by atoms with E-state index in [2.05, 4.69) is 25.1 Å². The maximum Gasteiger partial charge on any atom is 0.123 e. The van der Waals surface area contributed by atoms with Crippen LogP contribution >= 0.6 is 0 Å². The molecule has 0 bridgehead atoms.